The highest BCUT2D eigenvalue weighted by atomic mass is 15.1. The zero-order chi connectivity index (χ0) is 50.8. The molecule has 12 aromatic carbocycles. The molecule has 1 aliphatic carbocycles. The molecule has 0 aliphatic heterocycles. The minimum absolute atomic E-state index is 0.475. The summed E-state index contributed by atoms with van der Waals surface area (Å²) < 4.78 is 0. The van der Waals surface area contributed by atoms with Crippen LogP contribution in [0.4, 0.5) is 34.1 Å². The maximum absolute atomic E-state index is 2.43. The Morgan fingerprint density at radius 1 is 0.237 bits per heavy atom. The quantitative estimate of drug-likeness (QED) is 0.120. The van der Waals surface area contributed by atoms with Gasteiger partial charge in [0.15, 0.2) is 0 Å². The van der Waals surface area contributed by atoms with E-state index in [0.29, 0.717) is 0 Å². The molecule has 0 saturated heterocycles. The number of benzene rings is 12. The fraction of sp³-hybridized carbons (Fsp3) is 0.0270. The second-order valence-electron chi connectivity index (χ2n) is 19.7. The van der Waals surface area contributed by atoms with E-state index in [1.54, 1.807) is 0 Å². The summed E-state index contributed by atoms with van der Waals surface area (Å²) in [7, 11) is 0. The van der Waals surface area contributed by atoms with E-state index >= 15 is 0 Å². The van der Waals surface area contributed by atoms with Crippen molar-refractivity contribution in [3.05, 3.63) is 337 Å². The summed E-state index contributed by atoms with van der Waals surface area (Å²) in [5, 5.41) is 0. The van der Waals surface area contributed by atoms with Gasteiger partial charge in [0.2, 0.25) is 0 Å². The van der Waals surface area contributed by atoms with Crippen LogP contribution in [0, 0.1) is 6.92 Å². The van der Waals surface area contributed by atoms with Gasteiger partial charge >= 0.3 is 0 Å². The zero-order valence-electron chi connectivity index (χ0n) is 42.3. The third kappa shape index (κ3) is 8.18. The molecule has 1 aliphatic rings. The minimum Gasteiger partial charge on any atom is -0.311 e. The van der Waals surface area contributed by atoms with E-state index in [0.717, 1.165) is 45.3 Å². The molecule has 0 radical (unpaired) electrons. The molecule has 0 aromatic heterocycles. The molecule has 0 amide bonds. The molecule has 2 nitrogen and oxygen atoms in total. The number of rotatable bonds is 12. The summed E-state index contributed by atoms with van der Waals surface area (Å²) in [6.45, 7) is 2.26. The van der Waals surface area contributed by atoms with Crippen molar-refractivity contribution < 1.29 is 0 Å². The molecule has 0 heterocycles. The van der Waals surface area contributed by atoms with Gasteiger partial charge in [0, 0.05) is 34.1 Å². The molecule has 0 bridgehead atoms. The fourth-order valence-electron chi connectivity index (χ4n) is 11.8. The third-order valence-corrected chi connectivity index (χ3v) is 15.3. The van der Waals surface area contributed by atoms with Gasteiger partial charge in [0.05, 0.1) is 5.41 Å². The van der Waals surface area contributed by atoms with Gasteiger partial charge in [-0.3, -0.25) is 0 Å². The van der Waals surface area contributed by atoms with Crippen molar-refractivity contribution in [2.75, 3.05) is 9.80 Å². The zero-order valence-corrected chi connectivity index (χ0v) is 42.3. The van der Waals surface area contributed by atoms with Gasteiger partial charge in [-0.15, -0.1) is 0 Å². The van der Waals surface area contributed by atoms with Crippen molar-refractivity contribution in [3.63, 3.8) is 0 Å². The maximum atomic E-state index is 2.43. The Hall–Kier alpha value is -9.76. The van der Waals surface area contributed by atoms with E-state index in [2.05, 4.69) is 326 Å². The van der Waals surface area contributed by atoms with E-state index in [4.69, 9.17) is 0 Å². The molecule has 360 valence electrons. The van der Waals surface area contributed by atoms with Crippen LogP contribution in [0.3, 0.4) is 0 Å². The molecule has 12 aromatic rings. The number of aryl methyl sites for hydroxylation is 1. The van der Waals surface area contributed by atoms with Crippen LogP contribution in [0.2, 0.25) is 0 Å². The van der Waals surface area contributed by atoms with E-state index in [9.17, 15) is 0 Å². The molecule has 0 N–H and O–H groups in total. The highest BCUT2D eigenvalue weighted by Crippen LogP contribution is 2.58. The number of fused-ring (bicyclic) bond motifs is 3. The van der Waals surface area contributed by atoms with Crippen LogP contribution >= 0.6 is 0 Å². The van der Waals surface area contributed by atoms with Gasteiger partial charge in [-0.05, 0) is 175 Å². The number of para-hydroxylation sites is 3. The number of hydrogen-bond donors (Lipinski definition) is 0. The van der Waals surface area contributed by atoms with Crippen molar-refractivity contribution in [2.24, 2.45) is 0 Å². The van der Waals surface area contributed by atoms with E-state index in [-0.39, 0.29) is 0 Å². The molecule has 13 rings (SSSR count). The first-order valence-electron chi connectivity index (χ1n) is 26.2. The van der Waals surface area contributed by atoms with Gasteiger partial charge in [0.1, 0.15) is 0 Å². The average molecular weight is 971 g/mol. The normalized spacial score (nSPS) is 12.1. The Labute approximate surface area is 446 Å². The Balaban J connectivity index is 0.940. The Kier molecular flexibility index (Phi) is 12.1. The topological polar surface area (TPSA) is 6.48 Å². The van der Waals surface area contributed by atoms with E-state index < -0.39 is 5.41 Å². The predicted octanol–water partition coefficient (Wildman–Crippen LogP) is 20.0. The fourth-order valence-corrected chi connectivity index (χ4v) is 11.8. The standard InChI is InChI=1S/C74H54N2/c1-53-24-23-39-72-73(53)70-50-65(48-49-71(70)74(72,58-29-13-4-14-30-58)59-31-15-5-16-32-59)76(62-37-21-8-22-38-62)64-46-42-57(43-47-64)69-52-66(54-25-9-2-10-26-54)68(51-67(69)55-27-11-3-12-28-55)56-40-44-63(45-41-56)75(60-33-17-6-18-34-60)61-35-19-7-20-36-61/h2-52H,1H3. The largest absolute Gasteiger partial charge is 0.311 e. The molecule has 0 atom stereocenters. The van der Waals surface area contributed by atoms with Crippen molar-refractivity contribution >= 4 is 34.1 Å². The van der Waals surface area contributed by atoms with Crippen molar-refractivity contribution in [1.82, 2.24) is 0 Å². The summed E-state index contributed by atoms with van der Waals surface area (Å²) in [4.78, 5) is 4.72. The lowest BCUT2D eigenvalue weighted by Gasteiger charge is -2.34. The first-order chi connectivity index (χ1) is 37.6. The molecular weight excluding hydrogens is 917 g/mol. The van der Waals surface area contributed by atoms with Crippen LogP contribution < -0.4 is 9.80 Å². The van der Waals surface area contributed by atoms with Crippen LogP contribution in [0.1, 0.15) is 27.8 Å². The molecule has 76 heavy (non-hydrogen) atoms. The first kappa shape index (κ1) is 46.1. The van der Waals surface area contributed by atoms with Gasteiger partial charge in [-0.2, -0.15) is 0 Å². The van der Waals surface area contributed by atoms with E-state index in [1.165, 1.54) is 72.3 Å². The average Bonchev–Trinajstić information content (AvgIpc) is 3.85. The smallest absolute Gasteiger partial charge is 0.0713 e. The Bertz CT molecular complexity index is 3860. The second-order valence-corrected chi connectivity index (χ2v) is 19.7. The van der Waals surface area contributed by atoms with Crippen molar-refractivity contribution in [1.29, 1.82) is 0 Å². The molecule has 0 saturated carbocycles. The molecule has 0 unspecified atom stereocenters. The molecule has 0 fully saturated rings. The van der Waals surface area contributed by atoms with Gasteiger partial charge in [-0.25, -0.2) is 0 Å². The Morgan fingerprint density at radius 3 is 0.974 bits per heavy atom. The van der Waals surface area contributed by atoms with Crippen LogP contribution in [-0.4, -0.2) is 0 Å². The van der Waals surface area contributed by atoms with Crippen molar-refractivity contribution in [3.8, 4) is 55.6 Å². The first-order valence-corrected chi connectivity index (χ1v) is 26.2. The van der Waals surface area contributed by atoms with Gasteiger partial charge in [-0.1, -0.05) is 224 Å². The highest BCUT2D eigenvalue weighted by molar-refractivity contribution is 5.97. The minimum atomic E-state index is -0.475. The molecular formula is C74H54N2. The summed E-state index contributed by atoms with van der Waals surface area (Å²) in [5.74, 6) is 0. The SMILES string of the molecule is Cc1cccc2c1-c1cc(N(c3ccccc3)c3ccc(-c4cc(-c5ccccc5)c(-c5ccc(N(c6ccccc6)c6ccccc6)cc5)cc4-c4ccccc4)cc3)ccc1C2(c1ccccc1)c1ccccc1. The summed E-state index contributed by atoms with van der Waals surface area (Å²) >= 11 is 0. The van der Waals surface area contributed by atoms with Crippen molar-refractivity contribution in [2.45, 2.75) is 12.3 Å². The number of anilines is 6. The number of nitrogens with zero attached hydrogens (tertiary/aromatic N) is 2. The lowest BCUT2D eigenvalue weighted by Crippen LogP contribution is -2.28. The molecule has 2 heteroatoms. The van der Waals surface area contributed by atoms with E-state index in [1.807, 2.05) is 0 Å². The maximum Gasteiger partial charge on any atom is 0.0713 e. The molecule has 0 spiro atoms. The predicted molar refractivity (Wildman–Crippen MR) is 320 cm³/mol. The third-order valence-electron chi connectivity index (χ3n) is 15.3. The summed E-state index contributed by atoms with van der Waals surface area (Å²) in [6.07, 6.45) is 0. The lowest BCUT2D eigenvalue weighted by atomic mass is 9.67. The Morgan fingerprint density at radius 2 is 0.566 bits per heavy atom. The van der Waals surface area contributed by atoms with Crippen LogP contribution in [0.5, 0.6) is 0 Å². The van der Waals surface area contributed by atoms with Crippen LogP contribution in [0.25, 0.3) is 55.6 Å². The van der Waals surface area contributed by atoms with Gasteiger partial charge in [0.25, 0.3) is 0 Å². The second kappa shape index (κ2) is 19.9. The summed E-state index contributed by atoms with van der Waals surface area (Å²) in [5.41, 5.74) is 24.4. The summed E-state index contributed by atoms with van der Waals surface area (Å²) in [6, 6.07) is 113. The van der Waals surface area contributed by atoms with Gasteiger partial charge < -0.3 is 9.80 Å². The number of hydrogen-bond acceptors (Lipinski definition) is 2. The van der Waals surface area contributed by atoms with Crippen LogP contribution in [0.15, 0.2) is 309 Å². The lowest BCUT2D eigenvalue weighted by molar-refractivity contribution is 0.768. The van der Waals surface area contributed by atoms with Crippen LogP contribution in [-0.2, 0) is 5.41 Å². The highest BCUT2D eigenvalue weighted by Gasteiger charge is 2.46. The monoisotopic (exact) mass is 970 g/mol.